The molecule has 0 aromatic heterocycles. The number of nitrogens with zero attached hydrogens (tertiary/aromatic N) is 3. The zero-order valence-corrected chi connectivity index (χ0v) is 12.0. The van der Waals surface area contributed by atoms with Crippen molar-refractivity contribution in [2.75, 3.05) is 26.3 Å². The quantitative estimate of drug-likeness (QED) is 0.302. The van der Waals surface area contributed by atoms with Crippen molar-refractivity contribution in [3.8, 4) is 0 Å². The van der Waals surface area contributed by atoms with Gasteiger partial charge in [0.15, 0.2) is 0 Å². The van der Waals surface area contributed by atoms with Crippen LogP contribution in [-0.4, -0.2) is 38.0 Å². The molecule has 0 radical (unpaired) electrons. The van der Waals surface area contributed by atoms with Crippen LogP contribution in [0.2, 0.25) is 0 Å². The number of alkyl carbamates (subject to hydrolysis) is 1. The molecule has 7 nitrogen and oxygen atoms in total. The summed E-state index contributed by atoms with van der Waals surface area (Å²) in [6.07, 6.45) is 2.05. The van der Waals surface area contributed by atoms with Crippen molar-refractivity contribution in [2.24, 2.45) is 5.11 Å². The molecule has 0 heterocycles. The standard InChI is InChI=1S/C12H24N4O3/c1-12(2,3)19-11(17)14-7-6-10-18-9-5-4-8-15-16-13/h4-10H2,1-3H3,(H,14,17). The number of rotatable bonds is 9. The van der Waals surface area contributed by atoms with Gasteiger partial charge < -0.3 is 14.8 Å². The number of hydrogen-bond acceptors (Lipinski definition) is 4. The Morgan fingerprint density at radius 3 is 2.58 bits per heavy atom. The van der Waals surface area contributed by atoms with Crippen molar-refractivity contribution in [1.29, 1.82) is 0 Å². The number of ether oxygens (including phenoxy) is 2. The van der Waals surface area contributed by atoms with Gasteiger partial charge in [0.1, 0.15) is 5.60 Å². The molecule has 0 bridgehead atoms. The molecule has 0 aromatic rings. The van der Waals surface area contributed by atoms with Gasteiger partial charge in [0.05, 0.1) is 0 Å². The van der Waals surface area contributed by atoms with E-state index in [2.05, 4.69) is 15.3 Å². The first-order chi connectivity index (χ1) is 8.95. The van der Waals surface area contributed by atoms with Gasteiger partial charge in [0, 0.05) is 31.2 Å². The minimum Gasteiger partial charge on any atom is -0.444 e. The van der Waals surface area contributed by atoms with E-state index in [1.165, 1.54) is 0 Å². The Balaban J connectivity index is 3.27. The maximum atomic E-state index is 11.3. The van der Waals surface area contributed by atoms with E-state index in [4.69, 9.17) is 15.0 Å². The van der Waals surface area contributed by atoms with Crippen LogP contribution in [0.1, 0.15) is 40.0 Å². The van der Waals surface area contributed by atoms with Crippen LogP contribution in [0.5, 0.6) is 0 Å². The highest BCUT2D eigenvalue weighted by Crippen LogP contribution is 2.06. The molecule has 0 saturated heterocycles. The van der Waals surface area contributed by atoms with E-state index in [1.807, 2.05) is 20.8 Å². The van der Waals surface area contributed by atoms with Crippen LogP contribution in [0.25, 0.3) is 10.4 Å². The van der Waals surface area contributed by atoms with Gasteiger partial charge in [0.25, 0.3) is 0 Å². The lowest BCUT2D eigenvalue weighted by Gasteiger charge is -2.19. The van der Waals surface area contributed by atoms with Gasteiger partial charge in [-0.2, -0.15) is 0 Å². The van der Waals surface area contributed by atoms with Gasteiger partial charge >= 0.3 is 6.09 Å². The maximum absolute atomic E-state index is 11.3. The Morgan fingerprint density at radius 1 is 1.26 bits per heavy atom. The minimum atomic E-state index is -0.466. The second-order valence-corrected chi connectivity index (χ2v) is 5.06. The average Bonchev–Trinajstić information content (AvgIpc) is 2.29. The van der Waals surface area contributed by atoms with Crippen LogP contribution < -0.4 is 5.32 Å². The molecule has 0 atom stereocenters. The second-order valence-electron chi connectivity index (χ2n) is 5.06. The molecular weight excluding hydrogens is 248 g/mol. The molecule has 0 aliphatic carbocycles. The first-order valence-electron chi connectivity index (χ1n) is 6.51. The summed E-state index contributed by atoms with van der Waals surface area (Å²) in [5.74, 6) is 0. The second kappa shape index (κ2) is 10.5. The van der Waals surface area contributed by atoms with Gasteiger partial charge in [-0.1, -0.05) is 5.11 Å². The molecule has 0 aliphatic heterocycles. The third-order valence-corrected chi connectivity index (χ3v) is 1.99. The van der Waals surface area contributed by atoms with Gasteiger partial charge in [-0.25, -0.2) is 4.79 Å². The number of hydrogen-bond donors (Lipinski definition) is 1. The smallest absolute Gasteiger partial charge is 0.407 e. The van der Waals surface area contributed by atoms with Crippen LogP contribution in [0.4, 0.5) is 4.79 Å². The third-order valence-electron chi connectivity index (χ3n) is 1.99. The highest BCUT2D eigenvalue weighted by molar-refractivity contribution is 5.67. The molecule has 0 aliphatic rings. The fourth-order valence-electron chi connectivity index (χ4n) is 1.21. The van der Waals surface area contributed by atoms with E-state index < -0.39 is 11.7 Å². The molecule has 0 aromatic carbocycles. The molecule has 110 valence electrons. The zero-order valence-electron chi connectivity index (χ0n) is 12.0. The summed E-state index contributed by atoms with van der Waals surface area (Å²) < 4.78 is 10.5. The fraction of sp³-hybridized carbons (Fsp3) is 0.917. The predicted octanol–water partition coefficient (Wildman–Crippen LogP) is 3.01. The zero-order chi connectivity index (χ0) is 14.6. The summed E-state index contributed by atoms with van der Waals surface area (Å²) in [4.78, 5) is 13.9. The molecule has 0 saturated carbocycles. The summed E-state index contributed by atoms with van der Waals surface area (Å²) in [6.45, 7) is 7.77. The normalized spacial score (nSPS) is 10.7. The molecule has 7 heteroatoms. The number of amides is 1. The van der Waals surface area contributed by atoms with Crippen LogP contribution >= 0.6 is 0 Å². The van der Waals surface area contributed by atoms with E-state index in [0.717, 1.165) is 19.3 Å². The van der Waals surface area contributed by atoms with Crippen LogP contribution in [0, 0.1) is 0 Å². The molecule has 0 rings (SSSR count). The lowest BCUT2D eigenvalue weighted by molar-refractivity contribution is 0.0519. The first kappa shape index (κ1) is 17.5. The summed E-state index contributed by atoms with van der Waals surface area (Å²) >= 11 is 0. The number of azide groups is 1. The lowest BCUT2D eigenvalue weighted by atomic mass is 10.2. The number of nitrogens with one attached hydrogen (secondary N) is 1. The monoisotopic (exact) mass is 272 g/mol. The van der Waals surface area contributed by atoms with Crippen molar-refractivity contribution in [3.05, 3.63) is 10.4 Å². The predicted molar refractivity (Wildman–Crippen MR) is 72.9 cm³/mol. The molecular formula is C12H24N4O3. The van der Waals surface area contributed by atoms with E-state index in [1.54, 1.807) is 0 Å². The molecule has 19 heavy (non-hydrogen) atoms. The third kappa shape index (κ3) is 14.5. The highest BCUT2D eigenvalue weighted by atomic mass is 16.6. The first-order valence-corrected chi connectivity index (χ1v) is 6.51. The average molecular weight is 272 g/mol. The number of carbonyl (C=O) groups excluding carboxylic acids is 1. The fourth-order valence-corrected chi connectivity index (χ4v) is 1.21. The molecule has 0 unspecified atom stereocenters. The van der Waals surface area contributed by atoms with E-state index in [9.17, 15) is 4.79 Å². The summed E-state index contributed by atoms with van der Waals surface area (Å²) in [5, 5.41) is 6.09. The van der Waals surface area contributed by atoms with Crippen molar-refractivity contribution in [3.63, 3.8) is 0 Å². The van der Waals surface area contributed by atoms with Crippen molar-refractivity contribution in [2.45, 2.75) is 45.6 Å². The SMILES string of the molecule is CC(C)(C)OC(=O)NCCCOCCCCN=[N+]=[N-]. The molecule has 0 fully saturated rings. The number of carbonyl (C=O) groups is 1. The van der Waals surface area contributed by atoms with Gasteiger partial charge in [-0.05, 0) is 45.6 Å². The molecule has 0 spiro atoms. The molecule has 1 amide bonds. The topological polar surface area (TPSA) is 96.3 Å². The van der Waals surface area contributed by atoms with Crippen LogP contribution in [-0.2, 0) is 9.47 Å². The van der Waals surface area contributed by atoms with Crippen molar-refractivity contribution in [1.82, 2.24) is 5.32 Å². The Labute approximate surface area is 114 Å². The summed E-state index contributed by atoms with van der Waals surface area (Å²) in [5.41, 5.74) is 7.60. The van der Waals surface area contributed by atoms with Crippen molar-refractivity contribution >= 4 is 6.09 Å². The van der Waals surface area contributed by atoms with Gasteiger partial charge in [-0.3, -0.25) is 0 Å². The van der Waals surface area contributed by atoms with Crippen molar-refractivity contribution < 1.29 is 14.3 Å². The Hall–Kier alpha value is -1.46. The molecule has 1 N–H and O–H groups in total. The Kier molecular flexibility index (Phi) is 9.66. The van der Waals surface area contributed by atoms with Crippen LogP contribution in [0.3, 0.4) is 0 Å². The summed E-state index contributed by atoms with van der Waals surface area (Å²) in [7, 11) is 0. The number of unbranched alkanes of at least 4 members (excludes halogenated alkanes) is 1. The van der Waals surface area contributed by atoms with E-state index >= 15 is 0 Å². The summed E-state index contributed by atoms with van der Waals surface area (Å²) in [6, 6.07) is 0. The van der Waals surface area contributed by atoms with Gasteiger partial charge in [-0.15, -0.1) is 0 Å². The van der Waals surface area contributed by atoms with Crippen LogP contribution in [0.15, 0.2) is 5.11 Å². The van der Waals surface area contributed by atoms with E-state index in [0.29, 0.717) is 26.3 Å². The highest BCUT2D eigenvalue weighted by Gasteiger charge is 2.15. The maximum Gasteiger partial charge on any atom is 0.407 e. The van der Waals surface area contributed by atoms with Gasteiger partial charge in [0.2, 0.25) is 0 Å². The Morgan fingerprint density at radius 2 is 1.95 bits per heavy atom. The van der Waals surface area contributed by atoms with E-state index in [-0.39, 0.29) is 0 Å². The lowest BCUT2D eigenvalue weighted by Crippen LogP contribution is -2.33. The largest absolute Gasteiger partial charge is 0.444 e. The Bertz CT molecular complexity index is 296. The minimum absolute atomic E-state index is 0.401.